The molecular weight excluding hydrogens is 257 g/mol. The van der Waals surface area contributed by atoms with E-state index in [1.165, 1.54) is 6.07 Å². The number of rotatable bonds is 5. The average molecular weight is 275 g/mol. The van der Waals surface area contributed by atoms with E-state index in [0.717, 1.165) is 11.3 Å². The SMILES string of the molecule is COc1ccc(NCc2cc(C)ccc2F)cc1OC. The molecule has 4 heteroatoms. The van der Waals surface area contributed by atoms with Crippen molar-refractivity contribution in [2.75, 3.05) is 19.5 Å². The third-order valence-corrected chi connectivity index (χ3v) is 3.07. The highest BCUT2D eigenvalue weighted by Crippen LogP contribution is 2.30. The second-order valence-electron chi connectivity index (χ2n) is 4.52. The lowest BCUT2D eigenvalue weighted by Crippen LogP contribution is -2.02. The molecule has 0 aliphatic carbocycles. The molecule has 0 bridgehead atoms. The van der Waals surface area contributed by atoms with Gasteiger partial charge < -0.3 is 14.8 Å². The molecule has 0 heterocycles. The summed E-state index contributed by atoms with van der Waals surface area (Å²) in [5.74, 6) is 1.10. The smallest absolute Gasteiger partial charge is 0.162 e. The van der Waals surface area contributed by atoms with Gasteiger partial charge in [-0.05, 0) is 25.1 Å². The minimum Gasteiger partial charge on any atom is -0.493 e. The Hall–Kier alpha value is -2.23. The minimum atomic E-state index is -0.205. The molecule has 0 atom stereocenters. The number of hydrogen-bond acceptors (Lipinski definition) is 3. The molecule has 3 nitrogen and oxygen atoms in total. The van der Waals surface area contributed by atoms with E-state index in [4.69, 9.17) is 9.47 Å². The molecule has 0 unspecified atom stereocenters. The van der Waals surface area contributed by atoms with Crippen LogP contribution < -0.4 is 14.8 Å². The maximum atomic E-state index is 13.7. The van der Waals surface area contributed by atoms with Crippen LogP contribution in [-0.2, 0) is 6.54 Å². The molecule has 1 N–H and O–H groups in total. The van der Waals surface area contributed by atoms with Gasteiger partial charge in [-0.3, -0.25) is 0 Å². The lowest BCUT2D eigenvalue weighted by Gasteiger charge is -2.12. The standard InChI is InChI=1S/C16H18FNO2/c1-11-4-6-14(17)12(8-11)10-18-13-5-7-15(19-2)16(9-13)20-3/h4-9,18H,10H2,1-3H3. The molecule has 0 fully saturated rings. The number of ether oxygens (including phenoxy) is 2. The van der Waals surface area contributed by atoms with Crippen LogP contribution in [0.2, 0.25) is 0 Å². The Labute approximate surface area is 118 Å². The summed E-state index contributed by atoms with van der Waals surface area (Å²) >= 11 is 0. The van der Waals surface area contributed by atoms with Crippen molar-refractivity contribution in [2.24, 2.45) is 0 Å². The fourth-order valence-corrected chi connectivity index (χ4v) is 1.98. The van der Waals surface area contributed by atoms with Crippen LogP contribution in [-0.4, -0.2) is 14.2 Å². The molecule has 0 saturated heterocycles. The summed E-state index contributed by atoms with van der Waals surface area (Å²) in [6, 6.07) is 10.6. The molecule has 0 saturated carbocycles. The molecule has 20 heavy (non-hydrogen) atoms. The Morgan fingerprint density at radius 1 is 1.00 bits per heavy atom. The second-order valence-corrected chi connectivity index (χ2v) is 4.52. The van der Waals surface area contributed by atoms with Crippen LogP contribution in [0.15, 0.2) is 36.4 Å². The van der Waals surface area contributed by atoms with Crippen molar-refractivity contribution in [1.82, 2.24) is 0 Å². The number of methoxy groups -OCH3 is 2. The van der Waals surface area contributed by atoms with E-state index in [0.29, 0.717) is 23.6 Å². The Balaban J connectivity index is 2.12. The van der Waals surface area contributed by atoms with Crippen molar-refractivity contribution >= 4 is 5.69 Å². The Kier molecular flexibility index (Phi) is 4.45. The number of aryl methyl sites for hydroxylation is 1. The van der Waals surface area contributed by atoms with E-state index in [9.17, 15) is 4.39 Å². The topological polar surface area (TPSA) is 30.5 Å². The normalized spacial score (nSPS) is 10.2. The fraction of sp³-hybridized carbons (Fsp3) is 0.250. The summed E-state index contributed by atoms with van der Waals surface area (Å²) < 4.78 is 24.1. The van der Waals surface area contributed by atoms with Crippen LogP contribution in [0, 0.1) is 12.7 Å². The molecular formula is C16H18FNO2. The van der Waals surface area contributed by atoms with E-state index in [1.54, 1.807) is 20.3 Å². The first-order valence-electron chi connectivity index (χ1n) is 6.35. The van der Waals surface area contributed by atoms with Crippen molar-refractivity contribution in [3.63, 3.8) is 0 Å². The van der Waals surface area contributed by atoms with Gasteiger partial charge in [0.1, 0.15) is 5.82 Å². The monoisotopic (exact) mass is 275 g/mol. The first-order chi connectivity index (χ1) is 9.63. The minimum absolute atomic E-state index is 0.205. The molecule has 0 aromatic heterocycles. The van der Waals surface area contributed by atoms with Crippen LogP contribution in [0.25, 0.3) is 0 Å². The molecule has 0 aliphatic rings. The van der Waals surface area contributed by atoms with E-state index in [-0.39, 0.29) is 5.82 Å². The van der Waals surface area contributed by atoms with Gasteiger partial charge in [0.05, 0.1) is 14.2 Å². The first kappa shape index (κ1) is 14.2. The molecule has 0 amide bonds. The van der Waals surface area contributed by atoms with Crippen molar-refractivity contribution in [1.29, 1.82) is 0 Å². The Morgan fingerprint density at radius 3 is 2.45 bits per heavy atom. The van der Waals surface area contributed by atoms with Gasteiger partial charge in [-0.2, -0.15) is 0 Å². The Bertz CT molecular complexity index is 599. The largest absolute Gasteiger partial charge is 0.493 e. The van der Waals surface area contributed by atoms with Crippen LogP contribution in [0.5, 0.6) is 11.5 Å². The van der Waals surface area contributed by atoms with Gasteiger partial charge in [0, 0.05) is 23.9 Å². The van der Waals surface area contributed by atoms with Crippen LogP contribution >= 0.6 is 0 Å². The van der Waals surface area contributed by atoms with Crippen molar-refractivity contribution < 1.29 is 13.9 Å². The van der Waals surface area contributed by atoms with Gasteiger partial charge in [0.2, 0.25) is 0 Å². The van der Waals surface area contributed by atoms with Gasteiger partial charge in [-0.15, -0.1) is 0 Å². The predicted molar refractivity (Wildman–Crippen MR) is 78.0 cm³/mol. The number of halogens is 1. The number of anilines is 1. The van der Waals surface area contributed by atoms with Gasteiger partial charge >= 0.3 is 0 Å². The zero-order chi connectivity index (χ0) is 14.5. The zero-order valence-corrected chi connectivity index (χ0v) is 11.9. The number of hydrogen-bond donors (Lipinski definition) is 1. The maximum Gasteiger partial charge on any atom is 0.162 e. The van der Waals surface area contributed by atoms with E-state index >= 15 is 0 Å². The third-order valence-electron chi connectivity index (χ3n) is 3.07. The summed E-state index contributed by atoms with van der Waals surface area (Å²) in [4.78, 5) is 0. The highest BCUT2D eigenvalue weighted by molar-refractivity contribution is 5.55. The van der Waals surface area contributed by atoms with Crippen molar-refractivity contribution in [3.05, 3.63) is 53.3 Å². The van der Waals surface area contributed by atoms with E-state index in [2.05, 4.69) is 5.32 Å². The van der Waals surface area contributed by atoms with Crippen LogP contribution in [0.4, 0.5) is 10.1 Å². The lowest BCUT2D eigenvalue weighted by molar-refractivity contribution is 0.355. The fourth-order valence-electron chi connectivity index (χ4n) is 1.98. The van der Waals surface area contributed by atoms with Gasteiger partial charge in [0.25, 0.3) is 0 Å². The zero-order valence-electron chi connectivity index (χ0n) is 11.9. The van der Waals surface area contributed by atoms with Crippen LogP contribution in [0.3, 0.4) is 0 Å². The highest BCUT2D eigenvalue weighted by atomic mass is 19.1. The van der Waals surface area contributed by atoms with Crippen LogP contribution in [0.1, 0.15) is 11.1 Å². The summed E-state index contributed by atoms with van der Waals surface area (Å²) in [6.45, 7) is 2.36. The van der Waals surface area contributed by atoms with E-state index < -0.39 is 0 Å². The lowest BCUT2D eigenvalue weighted by atomic mass is 10.1. The molecule has 0 spiro atoms. The summed E-state index contributed by atoms with van der Waals surface area (Å²) in [5.41, 5.74) is 2.53. The van der Waals surface area contributed by atoms with Crippen molar-refractivity contribution in [2.45, 2.75) is 13.5 Å². The van der Waals surface area contributed by atoms with Gasteiger partial charge in [-0.25, -0.2) is 4.39 Å². The number of nitrogens with one attached hydrogen (secondary N) is 1. The van der Waals surface area contributed by atoms with Gasteiger partial charge in [0.15, 0.2) is 11.5 Å². The van der Waals surface area contributed by atoms with Crippen molar-refractivity contribution in [3.8, 4) is 11.5 Å². The molecule has 2 aromatic carbocycles. The molecule has 0 radical (unpaired) electrons. The predicted octanol–water partition coefficient (Wildman–Crippen LogP) is 3.76. The summed E-state index contributed by atoms with van der Waals surface area (Å²) in [6.07, 6.45) is 0. The molecule has 106 valence electrons. The number of benzene rings is 2. The summed E-state index contributed by atoms with van der Waals surface area (Å²) in [5, 5.41) is 3.18. The van der Waals surface area contributed by atoms with Gasteiger partial charge in [-0.1, -0.05) is 17.7 Å². The molecule has 2 rings (SSSR count). The van der Waals surface area contributed by atoms with E-state index in [1.807, 2.05) is 31.2 Å². The Morgan fingerprint density at radius 2 is 1.75 bits per heavy atom. The third kappa shape index (κ3) is 3.20. The first-order valence-corrected chi connectivity index (χ1v) is 6.35. The molecule has 2 aromatic rings. The maximum absolute atomic E-state index is 13.7. The molecule has 0 aliphatic heterocycles. The second kappa shape index (κ2) is 6.28. The highest BCUT2D eigenvalue weighted by Gasteiger charge is 2.06. The quantitative estimate of drug-likeness (QED) is 0.901. The average Bonchev–Trinajstić information content (AvgIpc) is 2.47. The summed E-state index contributed by atoms with van der Waals surface area (Å²) in [7, 11) is 3.18.